The minimum atomic E-state index is -0.0453. The summed E-state index contributed by atoms with van der Waals surface area (Å²) in [6.45, 7) is 3.27. The molecule has 1 aliphatic rings. The number of amides is 1. The number of nitrogens with one attached hydrogen (secondary N) is 1. The molecule has 0 aromatic carbocycles. The summed E-state index contributed by atoms with van der Waals surface area (Å²) in [5.41, 5.74) is 1.44. The molecule has 1 atom stereocenters. The van der Waals surface area contributed by atoms with Gasteiger partial charge in [0.1, 0.15) is 11.8 Å². The molecular weight excluding hydrogens is 306 g/mol. The maximum absolute atomic E-state index is 12.5. The molecule has 0 radical (unpaired) electrons. The van der Waals surface area contributed by atoms with Gasteiger partial charge in [-0.25, -0.2) is 4.98 Å². The van der Waals surface area contributed by atoms with Crippen molar-refractivity contribution in [3.8, 4) is 5.75 Å². The van der Waals surface area contributed by atoms with Crippen LogP contribution in [0.3, 0.4) is 0 Å². The number of aromatic nitrogens is 3. The summed E-state index contributed by atoms with van der Waals surface area (Å²) in [7, 11) is 3.87. The monoisotopic (exact) mass is 329 g/mol. The van der Waals surface area contributed by atoms with E-state index >= 15 is 0 Å². The van der Waals surface area contributed by atoms with Crippen LogP contribution < -0.4 is 9.64 Å². The number of hydrogen-bond acceptors (Lipinski definition) is 5. The van der Waals surface area contributed by atoms with Crippen LogP contribution in [0.4, 0.5) is 5.82 Å². The number of hydrogen-bond donors (Lipinski definition) is 1. The Labute approximate surface area is 141 Å². The Kier molecular flexibility index (Phi) is 4.69. The number of nitrogens with zero attached hydrogens (tertiary/aromatic N) is 4. The van der Waals surface area contributed by atoms with Gasteiger partial charge in [-0.3, -0.25) is 9.89 Å². The fourth-order valence-corrected chi connectivity index (χ4v) is 2.81. The van der Waals surface area contributed by atoms with Crippen molar-refractivity contribution in [3.05, 3.63) is 35.8 Å². The van der Waals surface area contributed by atoms with Gasteiger partial charge in [-0.1, -0.05) is 6.92 Å². The Morgan fingerprint density at radius 3 is 3.04 bits per heavy atom. The van der Waals surface area contributed by atoms with Crippen molar-refractivity contribution in [1.29, 1.82) is 0 Å². The Morgan fingerprint density at radius 2 is 2.33 bits per heavy atom. The lowest BCUT2D eigenvalue weighted by atomic mass is 10.3. The van der Waals surface area contributed by atoms with Gasteiger partial charge in [0.05, 0.1) is 6.54 Å². The maximum Gasteiger partial charge on any atom is 0.274 e. The van der Waals surface area contributed by atoms with Gasteiger partial charge in [0.2, 0.25) is 0 Å². The number of carbonyl (C=O) groups excluding carboxylic acids is 1. The van der Waals surface area contributed by atoms with E-state index in [1.807, 2.05) is 44.1 Å². The van der Waals surface area contributed by atoms with E-state index in [1.165, 1.54) is 0 Å². The highest BCUT2D eigenvalue weighted by Gasteiger charge is 2.30. The molecule has 7 heteroatoms. The fourth-order valence-electron chi connectivity index (χ4n) is 2.81. The molecular formula is C17H23N5O2. The topological polar surface area (TPSA) is 74.4 Å². The Morgan fingerprint density at radius 1 is 1.50 bits per heavy atom. The Balaban J connectivity index is 1.64. The van der Waals surface area contributed by atoms with Crippen molar-refractivity contribution < 1.29 is 9.53 Å². The average Bonchev–Trinajstić information content (AvgIpc) is 3.23. The van der Waals surface area contributed by atoms with Crippen molar-refractivity contribution >= 4 is 11.7 Å². The van der Waals surface area contributed by atoms with Crippen LogP contribution >= 0.6 is 0 Å². The van der Waals surface area contributed by atoms with E-state index in [1.54, 1.807) is 11.1 Å². The third kappa shape index (κ3) is 3.34. The summed E-state index contributed by atoms with van der Waals surface area (Å²) in [4.78, 5) is 20.6. The van der Waals surface area contributed by atoms with Gasteiger partial charge in [0.15, 0.2) is 11.6 Å². The first-order valence-corrected chi connectivity index (χ1v) is 8.21. The van der Waals surface area contributed by atoms with Crippen LogP contribution in [-0.2, 0) is 6.42 Å². The third-order valence-electron chi connectivity index (χ3n) is 4.13. The Bertz CT molecular complexity index is 713. The molecule has 0 aliphatic carbocycles. The molecule has 1 saturated heterocycles. The van der Waals surface area contributed by atoms with E-state index in [0.29, 0.717) is 18.8 Å². The van der Waals surface area contributed by atoms with E-state index in [4.69, 9.17) is 4.74 Å². The van der Waals surface area contributed by atoms with Gasteiger partial charge >= 0.3 is 0 Å². The summed E-state index contributed by atoms with van der Waals surface area (Å²) in [5, 5.41) is 6.99. The molecule has 3 heterocycles. The number of pyridine rings is 1. The van der Waals surface area contributed by atoms with Crippen LogP contribution in [0.1, 0.15) is 29.5 Å². The lowest BCUT2D eigenvalue weighted by Gasteiger charge is -2.20. The highest BCUT2D eigenvalue weighted by molar-refractivity contribution is 5.92. The summed E-state index contributed by atoms with van der Waals surface area (Å²) in [5.74, 6) is 1.49. The normalized spacial score (nSPS) is 17.1. The molecule has 0 bridgehead atoms. The summed E-state index contributed by atoms with van der Waals surface area (Å²) >= 11 is 0. The minimum Gasteiger partial charge on any atom is -0.485 e. The molecule has 0 spiro atoms. The zero-order valence-electron chi connectivity index (χ0n) is 14.3. The third-order valence-corrected chi connectivity index (χ3v) is 4.13. The standard InChI is InChI=1S/C17H23N5O2/c1-4-12-10-14(20-19-12)17(23)22-9-7-13(11-22)24-15-6-5-8-18-16(15)21(2)3/h5-6,8,10,13H,4,7,9,11H2,1-3H3,(H,19,20). The van der Waals surface area contributed by atoms with Crippen LogP contribution in [0.15, 0.2) is 24.4 Å². The smallest absolute Gasteiger partial charge is 0.274 e. The second kappa shape index (κ2) is 6.90. The van der Waals surface area contributed by atoms with Gasteiger partial charge in [-0.15, -0.1) is 0 Å². The van der Waals surface area contributed by atoms with Crippen molar-refractivity contribution in [3.63, 3.8) is 0 Å². The van der Waals surface area contributed by atoms with E-state index in [2.05, 4.69) is 15.2 Å². The lowest BCUT2D eigenvalue weighted by Crippen LogP contribution is -2.31. The molecule has 7 nitrogen and oxygen atoms in total. The van der Waals surface area contributed by atoms with Crippen LogP contribution in [0.2, 0.25) is 0 Å². The van der Waals surface area contributed by atoms with E-state index < -0.39 is 0 Å². The van der Waals surface area contributed by atoms with E-state index in [0.717, 1.165) is 30.1 Å². The second-order valence-corrected chi connectivity index (χ2v) is 6.13. The van der Waals surface area contributed by atoms with Crippen LogP contribution in [-0.4, -0.2) is 59.3 Å². The first kappa shape index (κ1) is 16.3. The largest absolute Gasteiger partial charge is 0.485 e. The molecule has 1 unspecified atom stereocenters. The van der Waals surface area contributed by atoms with Crippen molar-refractivity contribution in [2.24, 2.45) is 0 Å². The summed E-state index contributed by atoms with van der Waals surface area (Å²) < 4.78 is 6.08. The van der Waals surface area contributed by atoms with Crippen molar-refractivity contribution in [1.82, 2.24) is 20.1 Å². The van der Waals surface area contributed by atoms with Crippen LogP contribution in [0, 0.1) is 0 Å². The van der Waals surface area contributed by atoms with Crippen molar-refractivity contribution in [2.45, 2.75) is 25.9 Å². The van der Waals surface area contributed by atoms with Crippen molar-refractivity contribution in [2.75, 3.05) is 32.1 Å². The summed E-state index contributed by atoms with van der Waals surface area (Å²) in [6, 6.07) is 5.59. The molecule has 1 fully saturated rings. The lowest BCUT2D eigenvalue weighted by molar-refractivity contribution is 0.0766. The molecule has 128 valence electrons. The average molecular weight is 329 g/mol. The van der Waals surface area contributed by atoms with E-state index in [9.17, 15) is 4.79 Å². The van der Waals surface area contributed by atoms with Gasteiger partial charge in [0, 0.05) is 39.0 Å². The number of likely N-dealkylation sites (tertiary alicyclic amines) is 1. The molecule has 2 aromatic heterocycles. The highest BCUT2D eigenvalue weighted by Crippen LogP contribution is 2.27. The molecule has 24 heavy (non-hydrogen) atoms. The number of aryl methyl sites for hydroxylation is 1. The predicted molar refractivity (Wildman–Crippen MR) is 91.5 cm³/mol. The number of rotatable bonds is 5. The first-order valence-electron chi connectivity index (χ1n) is 8.21. The zero-order chi connectivity index (χ0) is 17.1. The highest BCUT2D eigenvalue weighted by atomic mass is 16.5. The van der Waals surface area contributed by atoms with Gasteiger partial charge < -0.3 is 14.5 Å². The summed E-state index contributed by atoms with van der Waals surface area (Å²) in [6.07, 6.45) is 3.36. The maximum atomic E-state index is 12.5. The Hall–Kier alpha value is -2.57. The van der Waals surface area contributed by atoms with Gasteiger partial charge in [-0.2, -0.15) is 5.10 Å². The van der Waals surface area contributed by atoms with Crippen LogP contribution in [0.25, 0.3) is 0 Å². The van der Waals surface area contributed by atoms with E-state index in [-0.39, 0.29) is 12.0 Å². The number of anilines is 1. The first-order chi connectivity index (χ1) is 11.6. The van der Waals surface area contributed by atoms with Gasteiger partial charge in [-0.05, 0) is 24.6 Å². The number of ether oxygens (including phenoxy) is 1. The number of carbonyl (C=O) groups is 1. The molecule has 1 amide bonds. The second-order valence-electron chi connectivity index (χ2n) is 6.13. The number of H-pyrrole nitrogens is 1. The van der Waals surface area contributed by atoms with Gasteiger partial charge in [0.25, 0.3) is 5.91 Å². The molecule has 0 saturated carbocycles. The number of aromatic amines is 1. The minimum absolute atomic E-state index is 0.0264. The predicted octanol–water partition coefficient (Wildman–Crippen LogP) is 1.73. The molecule has 2 aromatic rings. The zero-order valence-corrected chi connectivity index (χ0v) is 14.3. The fraction of sp³-hybridized carbons (Fsp3) is 0.471. The molecule has 1 N–H and O–H groups in total. The molecule has 3 rings (SSSR count). The van der Waals surface area contributed by atoms with Crippen LogP contribution in [0.5, 0.6) is 5.75 Å². The SMILES string of the molecule is CCc1cc(C(=O)N2CCC(Oc3cccnc3N(C)C)C2)n[nH]1. The molecule has 1 aliphatic heterocycles. The quantitative estimate of drug-likeness (QED) is 0.904.